The standard InChI is InChI=1S/C8H17IO2/c1-6(2)5-7(3,4)8(9,10)11/h6,10-11H,5H2,1-4H3. The molecule has 0 amide bonds. The zero-order valence-corrected chi connectivity index (χ0v) is 9.71. The van der Waals surface area contributed by atoms with E-state index in [0.29, 0.717) is 5.92 Å². The maximum atomic E-state index is 9.34. The van der Waals surface area contributed by atoms with Crippen LogP contribution in [0.15, 0.2) is 0 Å². The molecule has 0 aliphatic heterocycles. The largest absolute Gasteiger partial charge is 0.357 e. The van der Waals surface area contributed by atoms with Gasteiger partial charge in [0, 0.05) is 5.41 Å². The maximum absolute atomic E-state index is 9.34. The number of halogens is 1. The summed E-state index contributed by atoms with van der Waals surface area (Å²) in [5.41, 5.74) is -0.443. The highest BCUT2D eigenvalue weighted by Crippen LogP contribution is 2.39. The first-order valence-electron chi connectivity index (χ1n) is 3.80. The average molecular weight is 272 g/mol. The van der Waals surface area contributed by atoms with Crippen LogP contribution in [-0.4, -0.2) is 14.0 Å². The third kappa shape index (κ3) is 3.71. The summed E-state index contributed by atoms with van der Waals surface area (Å²) in [6, 6.07) is 0. The third-order valence-electron chi connectivity index (χ3n) is 1.78. The second kappa shape index (κ2) is 3.58. The number of hydrogen-bond donors (Lipinski definition) is 2. The fourth-order valence-corrected chi connectivity index (χ4v) is 1.37. The van der Waals surface area contributed by atoms with E-state index in [4.69, 9.17) is 0 Å². The van der Waals surface area contributed by atoms with E-state index < -0.39 is 9.21 Å². The molecule has 0 bridgehead atoms. The van der Waals surface area contributed by atoms with Gasteiger partial charge in [0.05, 0.1) is 0 Å². The van der Waals surface area contributed by atoms with E-state index in [-0.39, 0.29) is 0 Å². The Morgan fingerprint density at radius 3 is 1.73 bits per heavy atom. The average Bonchev–Trinajstić information content (AvgIpc) is 1.56. The molecule has 2 nitrogen and oxygen atoms in total. The lowest BCUT2D eigenvalue weighted by molar-refractivity contribution is -0.144. The van der Waals surface area contributed by atoms with Crippen LogP contribution in [-0.2, 0) is 0 Å². The van der Waals surface area contributed by atoms with Gasteiger partial charge in [-0.15, -0.1) is 0 Å². The van der Waals surface area contributed by atoms with Gasteiger partial charge in [0.2, 0.25) is 3.79 Å². The Bertz CT molecular complexity index is 125. The van der Waals surface area contributed by atoms with Gasteiger partial charge in [0.1, 0.15) is 0 Å². The van der Waals surface area contributed by atoms with Crippen molar-refractivity contribution in [3.63, 3.8) is 0 Å². The fraction of sp³-hybridized carbons (Fsp3) is 1.00. The quantitative estimate of drug-likeness (QED) is 0.469. The zero-order valence-electron chi connectivity index (χ0n) is 7.56. The first kappa shape index (κ1) is 11.6. The van der Waals surface area contributed by atoms with Crippen LogP contribution in [0.3, 0.4) is 0 Å². The van der Waals surface area contributed by atoms with Crippen molar-refractivity contribution in [1.82, 2.24) is 0 Å². The van der Waals surface area contributed by atoms with E-state index in [0.717, 1.165) is 6.42 Å². The van der Waals surface area contributed by atoms with Crippen molar-refractivity contribution in [3.05, 3.63) is 0 Å². The molecule has 0 aromatic heterocycles. The Morgan fingerprint density at radius 1 is 1.27 bits per heavy atom. The lowest BCUT2D eigenvalue weighted by Gasteiger charge is -2.35. The van der Waals surface area contributed by atoms with Crippen LogP contribution in [0.5, 0.6) is 0 Å². The zero-order chi connectivity index (χ0) is 9.28. The summed E-state index contributed by atoms with van der Waals surface area (Å²) in [7, 11) is 0. The van der Waals surface area contributed by atoms with Crippen molar-refractivity contribution in [1.29, 1.82) is 0 Å². The molecule has 0 aromatic carbocycles. The number of rotatable bonds is 3. The third-order valence-corrected chi connectivity index (χ3v) is 3.24. The van der Waals surface area contributed by atoms with Crippen LogP contribution in [0.4, 0.5) is 0 Å². The molecule has 0 saturated heterocycles. The van der Waals surface area contributed by atoms with E-state index in [1.807, 2.05) is 13.8 Å². The summed E-state index contributed by atoms with van der Waals surface area (Å²) in [5, 5.41) is 18.7. The van der Waals surface area contributed by atoms with Crippen molar-refractivity contribution >= 4 is 22.6 Å². The minimum atomic E-state index is -1.60. The summed E-state index contributed by atoms with van der Waals surface area (Å²) in [4.78, 5) is 0. The van der Waals surface area contributed by atoms with Crippen LogP contribution in [0.1, 0.15) is 34.1 Å². The van der Waals surface area contributed by atoms with Gasteiger partial charge in [-0.1, -0.05) is 27.7 Å². The smallest absolute Gasteiger partial charge is 0.221 e. The van der Waals surface area contributed by atoms with Gasteiger partial charge >= 0.3 is 0 Å². The molecule has 0 fully saturated rings. The summed E-state index contributed by atoms with van der Waals surface area (Å²) in [5.74, 6) is 0.485. The highest BCUT2D eigenvalue weighted by molar-refractivity contribution is 14.1. The van der Waals surface area contributed by atoms with E-state index in [1.54, 1.807) is 22.6 Å². The van der Waals surface area contributed by atoms with E-state index in [1.165, 1.54) is 0 Å². The van der Waals surface area contributed by atoms with Gasteiger partial charge in [0.15, 0.2) is 0 Å². The van der Waals surface area contributed by atoms with E-state index in [2.05, 4.69) is 13.8 Å². The Morgan fingerprint density at radius 2 is 1.64 bits per heavy atom. The number of alkyl halides is 1. The monoisotopic (exact) mass is 272 g/mol. The van der Waals surface area contributed by atoms with Crippen molar-refractivity contribution in [2.24, 2.45) is 11.3 Å². The van der Waals surface area contributed by atoms with Gasteiger partial charge in [0.25, 0.3) is 0 Å². The Balaban J connectivity index is 4.22. The molecule has 0 aromatic rings. The molecule has 0 saturated carbocycles. The van der Waals surface area contributed by atoms with Crippen LogP contribution >= 0.6 is 22.6 Å². The molecule has 0 aliphatic rings. The molecule has 0 unspecified atom stereocenters. The second-order valence-electron chi connectivity index (χ2n) is 4.07. The van der Waals surface area contributed by atoms with Crippen molar-refractivity contribution < 1.29 is 10.2 Å². The fourth-order valence-electron chi connectivity index (χ4n) is 1.15. The summed E-state index contributed by atoms with van der Waals surface area (Å²) in [6.07, 6.45) is 0.808. The van der Waals surface area contributed by atoms with Gasteiger partial charge in [-0.3, -0.25) is 0 Å². The van der Waals surface area contributed by atoms with Crippen LogP contribution in [0.2, 0.25) is 0 Å². The summed E-state index contributed by atoms with van der Waals surface area (Å²) in [6.45, 7) is 7.87. The molecular weight excluding hydrogens is 255 g/mol. The molecule has 68 valence electrons. The molecule has 0 rings (SSSR count). The SMILES string of the molecule is CC(C)CC(C)(C)C(O)(O)I. The van der Waals surface area contributed by atoms with Crippen molar-refractivity contribution in [3.8, 4) is 0 Å². The van der Waals surface area contributed by atoms with E-state index in [9.17, 15) is 10.2 Å². The normalized spacial score (nSPS) is 14.2. The topological polar surface area (TPSA) is 40.5 Å². The molecule has 0 heterocycles. The highest BCUT2D eigenvalue weighted by atomic mass is 127. The van der Waals surface area contributed by atoms with Gasteiger partial charge in [-0.2, -0.15) is 0 Å². The first-order valence-corrected chi connectivity index (χ1v) is 4.88. The first-order chi connectivity index (χ1) is 4.67. The maximum Gasteiger partial charge on any atom is 0.221 e. The number of hydrogen-bond acceptors (Lipinski definition) is 2. The van der Waals surface area contributed by atoms with Gasteiger partial charge < -0.3 is 10.2 Å². The van der Waals surface area contributed by atoms with Crippen LogP contribution < -0.4 is 0 Å². The Kier molecular flexibility index (Phi) is 3.79. The minimum Gasteiger partial charge on any atom is -0.357 e. The summed E-state index contributed by atoms with van der Waals surface area (Å²) < 4.78 is -1.60. The molecule has 2 N–H and O–H groups in total. The van der Waals surface area contributed by atoms with Gasteiger partial charge in [-0.25, -0.2) is 0 Å². The molecular formula is C8H17IO2. The van der Waals surface area contributed by atoms with Gasteiger partial charge in [-0.05, 0) is 34.9 Å². The summed E-state index contributed by atoms with van der Waals surface area (Å²) >= 11 is 1.66. The van der Waals surface area contributed by atoms with Crippen molar-refractivity contribution in [2.75, 3.05) is 0 Å². The molecule has 0 radical (unpaired) electrons. The number of aliphatic hydroxyl groups is 2. The molecule has 0 atom stereocenters. The molecule has 3 heteroatoms. The second-order valence-corrected chi connectivity index (χ2v) is 5.57. The predicted octanol–water partition coefficient (Wildman–Crippen LogP) is 2.13. The molecule has 0 aliphatic carbocycles. The Hall–Kier alpha value is 0.650. The van der Waals surface area contributed by atoms with Crippen molar-refractivity contribution in [2.45, 2.75) is 37.9 Å². The Labute approximate surface area is 82.1 Å². The van der Waals surface area contributed by atoms with E-state index >= 15 is 0 Å². The van der Waals surface area contributed by atoms with Crippen LogP contribution in [0.25, 0.3) is 0 Å². The lowest BCUT2D eigenvalue weighted by atomic mass is 9.83. The highest BCUT2D eigenvalue weighted by Gasteiger charge is 2.39. The lowest BCUT2D eigenvalue weighted by Crippen LogP contribution is -2.39. The predicted molar refractivity (Wildman–Crippen MR) is 54.4 cm³/mol. The molecule has 0 spiro atoms. The molecule has 11 heavy (non-hydrogen) atoms. The van der Waals surface area contributed by atoms with Crippen LogP contribution in [0, 0.1) is 11.3 Å². The minimum absolute atomic E-state index is 0.443.